The monoisotopic (exact) mass is 276 g/mol. The molecule has 1 aromatic carbocycles. The molecule has 1 aromatic heterocycles. The minimum atomic E-state index is 0.553. The predicted molar refractivity (Wildman–Crippen MR) is 84.0 cm³/mol. The van der Waals surface area contributed by atoms with Gasteiger partial charge in [0.2, 0.25) is 0 Å². The van der Waals surface area contributed by atoms with Crippen LogP contribution in [0, 0.1) is 5.92 Å². The van der Waals surface area contributed by atoms with Gasteiger partial charge in [-0.25, -0.2) is 0 Å². The molecule has 0 aliphatic carbocycles. The summed E-state index contributed by atoms with van der Waals surface area (Å²) in [7, 11) is 4.14. The molecule has 5 nitrogen and oxygen atoms in total. The van der Waals surface area contributed by atoms with Crippen molar-refractivity contribution in [1.82, 2.24) is 9.88 Å². The molecule has 0 bridgehead atoms. The first-order valence-electron chi connectivity index (χ1n) is 7.01. The van der Waals surface area contributed by atoms with Crippen molar-refractivity contribution in [2.45, 2.75) is 13.8 Å². The third-order valence-electron chi connectivity index (χ3n) is 3.07. The summed E-state index contributed by atoms with van der Waals surface area (Å²) in [4.78, 5) is 8.92. The van der Waals surface area contributed by atoms with Gasteiger partial charge in [0, 0.05) is 25.3 Å². The van der Waals surface area contributed by atoms with Crippen LogP contribution in [-0.2, 0) is 0 Å². The maximum Gasteiger partial charge on any atom is 0.298 e. The number of hydrogen-bond acceptors (Lipinski definition) is 5. The fourth-order valence-corrected chi connectivity index (χ4v) is 2.09. The Morgan fingerprint density at radius 3 is 2.65 bits per heavy atom. The number of benzene rings is 1. The smallest absolute Gasteiger partial charge is 0.298 e. The third kappa shape index (κ3) is 3.63. The van der Waals surface area contributed by atoms with Crippen molar-refractivity contribution in [3.8, 4) is 0 Å². The Hall–Kier alpha value is -1.75. The minimum Gasteiger partial charge on any atom is -0.423 e. The zero-order valence-electron chi connectivity index (χ0n) is 12.8. The average Bonchev–Trinajstić information content (AvgIpc) is 2.76. The summed E-state index contributed by atoms with van der Waals surface area (Å²) in [5, 5.41) is 0. The second-order valence-electron chi connectivity index (χ2n) is 5.87. The van der Waals surface area contributed by atoms with E-state index in [0.29, 0.717) is 17.6 Å². The van der Waals surface area contributed by atoms with Crippen molar-refractivity contribution in [3.63, 3.8) is 0 Å². The molecule has 0 atom stereocenters. The molecule has 0 aliphatic heterocycles. The van der Waals surface area contributed by atoms with Crippen molar-refractivity contribution in [1.29, 1.82) is 0 Å². The van der Waals surface area contributed by atoms with Gasteiger partial charge in [0.25, 0.3) is 6.01 Å². The van der Waals surface area contributed by atoms with Gasteiger partial charge in [0.05, 0.1) is 0 Å². The van der Waals surface area contributed by atoms with Gasteiger partial charge in [0.1, 0.15) is 5.52 Å². The van der Waals surface area contributed by atoms with Gasteiger partial charge in [-0.15, -0.1) is 0 Å². The van der Waals surface area contributed by atoms with Crippen molar-refractivity contribution in [2.24, 2.45) is 5.92 Å². The Balaban J connectivity index is 2.24. The lowest BCUT2D eigenvalue weighted by Gasteiger charge is -2.24. The normalized spacial score (nSPS) is 11.7. The Morgan fingerprint density at radius 1 is 1.25 bits per heavy atom. The lowest BCUT2D eigenvalue weighted by atomic mass is 10.2. The van der Waals surface area contributed by atoms with Crippen LogP contribution in [0.1, 0.15) is 13.8 Å². The number of anilines is 2. The molecular weight excluding hydrogens is 252 g/mol. The molecule has 0 saturated heterocycles. The highest BCUT2D eigenvalue weighted by atomic mass is 16.4. The van der Waals surface area contributed by atoms with E-state index in [2.05, 4.69) is 42.7 Å². The van der Waals surface area contributed by atoms with Crippen molar-refractivity contribution >= 4 is 22.8 Å². The SMILES string of the molecule is CC(C)CN(CCN(C)C)c1nc2cc(N)ccc2o1. The quantitative estimate of drug-likeness (QED) is 0.821. The number of oxazole rings is 1. The molecule has 2 aromatic rings. The summed E-state index contributed by atoms with van der Waals surface area (Å²) in [6, 6.07) is 6.24. The highest BCUT2D eigenvalue weighted by molar-refractivity contribution is 5.78. The van der Waals surface area contributed by atoms with Crippen LogP contribution in [-0.4, -0.2) is 43.6 Å². The predicted octanol–water partition coefficient (Wildman–Crippen LogP) is 2.43. The second kappa shape index (κ2) is 6.13. The van der Waals surface area contributed by atoms with Gasteiger partial charge < -0.3 is 20.0 Å². The number of aromatic nitrogens is 1. The molecular formula is C15H24N4O. The second-order valence-corrected chi connectivity index (χ2v) is 5.87. The van der Waals surface area contributed by atoms with Crippen LogP contribution in [0.25, 0.3) is 11.1 Å². The maximum atomic E-state index is 5.86. The first-order valence-corrected chi connectivity index (χ1v) is 7.01. The Morgan fingerprint density at radius 2 is 2.00 bits per heavy atom. The van der Waals surface area contributed by atoms with E-state index in [9.17, 15) is 0 Å². The molecule has 0 fully saturated rings. The van der Waals surface area contributed by atoms with Crippen molar-refractivity contribution < 1.29 is 4.42 Å². The van der Waals surface area contributed by atoms with Crippen LogP contribution in [0.4, 0.5) is 11.7 Å². The molecule has 5 heteroatoms. The topological polar surface area (TPSA) is 58.5 Å². The van der Waals surface area contributed by atoms with Gasteiger partial charge in [-0.2, -0.15) is 4.98 Å². The lowest BCUT2D eigenvalue weighted by Crippen LogP contribution is -2.34. The molecule has 0 unspecified atom stereocenters. The molecule has 2 rings (SSSR count). The van der Waals surface area contributed by atoms with E-state index in [1.807, 2.05) is 18.2 Å². The summed E-state index contributed by atoms with van der Waals surface area (Å²) >= 11 is 0. The van der Waals surface area contributed by atoms with Crippen molar-refractivity contribution in [2.75, 3.05) is 44.4 Å². The maximum absolute atomic E-state index is 5.86. The number of nitrogen functional groups attached to an aromatic ring is 1. The Kier molecular flexibility index (Phi) is 4.49. The van der Waals surface area contributed by atoms with Crippen LogP contribution in [0.2, 0.25) is 0 Å². The van der Waals surface area contributed by atoms with Gasteiger partial charge in [-0.3, -0.25) is 0 Å². The molecule has 2 N–H and O–H groups in total. The highest BCUT2D eigenvalue weighted by Crippen LogP contribution is 2.24. The molecule has 1 heterocycles. The molecule has 0 aliphatic rings. The van der Waals surface area contributed by atoms with Crippen LogP contribution in [0.15, 0.2) is 22.6 Å². The molecule has 0 saturated carbocycles. The van der Waals surface area contributed by atoms with Crippen LogP contribution < -0.4 is 10.6 Å². The summed E-state index contributed by atoms with van der Waals surface area (Å²) in [6.07, 6.45) is 0. The average molecular weight is 276 g/mol. The van der Waals surface area contributed by atoms with Gasteiger partial charge in [0.15, 0.2) is 5.58 Å². The lowest BCUT2D eigenvalue weighted by molar-refractivity contribution is 0.401. The van der Waals surface area contributed by atoms with Gasteiger partial charge in [-0.05, 0) is 38.2 Å². The molecule has 0 spiro atoms. The van der Waals surface area contributed by atoms with E-state index in [0.717, 1.165) is 30.7 Å². The van der Waals surface area contributed by atoms with E-state index in [1.165, 1.54) is 0 Å². The molecule has 0 amide bonds. The molecule has 20 heavy (non-hydrogen) atoms. The summed E-state index contributed by atoms with van der Waals surface area (Å²) in [5.41, 5.74) is 8.10. The number of nitrogens with two attached hydrogens (primary N) is 1. The summed E-state index contributed by atoms with van der Waals surface area (Å²) < 4.78 is 5.86. The number of likely N-dealkylation sites (N-methyl/N-ethyl adjacent to an activating group) is 1. The first kappa shape index (κ1) is 14.7. The van der Waals surface area contributed by atoms with E-state index in [-0.39, 0.29) is 0 Å². The number of hydrogen-bond donors (Lipinski definition) is 1. The standard InChI is InChI=1S/C15H24N4O/c1-11(2)10-19(8-7-18(3)4)15-17-13-9-12(16)5-6-14(13)20-15/h5-6,9,11H,7-8,10,16H2,1-4H3. The Labute approximate surface area is 120 Å². The van der Waals surface area contributed by atoms with Crippen LogP contribution >= 0.6 is 0 Å². The number of fused-ring (bicyclic) bond motifs is 1. The first-order chi connectivity index (χ1) is 9.45. The fourth-order valence-electron chi connectivity index (χ4n) is 2.09. The van der Waals surface area contributed by atoms with Gasteiger partial charge in [-0.1, -0.05) is 13.8 Å². The summed E-state index contributed by atoms with van der Waals surface area (Å²) in [6.45, 7) is 7.18. The number of nitrogens with zero attached hydrogens (tertiary/aromatic N) is 3. The van der Waals surface area contributed by atoms with E-state index in [1.54, 1.807) is 0 Å². The molecule has 0 radical (unpaired) electrons. The zero-order chi connectivity index (χ0) is 14.7. The van der Waals surface area contributed by atoms with E-state index in [4.69, 9.17) is 10.2 Å². The van der Waals surface area contributed by atoms with Crippen molar-refractivity contribution in [3.05, 3.63) is 18.2 Å². The number of rotatable bonds is 6. The third-order valence-corrected chi connectivity index (χ3v) is 3.07. The van der Waals surface area contributed by atoms with Crippen LogP contribution in [0.3, 0.4) is 0 Å². The van der Waals surface area contributed by atoms with E-state index < -0.39 is 0 Å². The minimum absolute atomic E-state index is 0.553. The fraction of sp³-hybridized carbons (Fsp3) is 0.533. The largest absolute Gasteiger partial charge is 0.423 e. The zero-order valence-corrected chi connectivity index (χ0v) is 12.8. The van der Waals surface area contributed by atoms with Gasteiger partial charge >= 0.3 is 0 Å². The molecule has 110 valence electrons. The Bertz CT molecular complexity index is 562. The highest BCUT2D eigenvalue weighted by Gasteiger charge is 2.15. The van der Waals surface area contributed by atoms with Crippen LogP contribution in [0.5, 0.6) is 0 Å². The van der Waals surface area contributed by atoms with E-state index >= 15 is 0 Å². The summed E-state index contributed by atoms with van der Waals surface area (Å²) in [5.74, 6) is 0.553.